The van der Waals surface area contributed by atoms with E-state index in [0.717, 1.165) is 0 Å². The first-order chi connectivity index (χ1) is 7.07. The van der Waals surface area contributed by atoms with Gasteiger partial charge in [0.2, 0.25) is 0 Å². The highest BCUT2D eigenvalue weighted by atomic mass is 32.2. The zero-order chi connectivity index (χ0) is 10.9. The molecule has 0 aromatic carbocycles. The van der Waals surface area contributed by atoms with Crippen molar-refractivity contribution in [2.45, 2.75) is 6.17 Å². The first-order valence-electron chi connectivity index (χ1n) is 5.03. The molecule has 0 aliphatic carbocycles. The van der Waals surface area contributed by atoms with Crippen molar-refractivity contribution in [3.05, 3.63) is 0 Å². The maximum Gasteiger partial charge on any atom is 0.154 e. The van der Waals surface area contributed by atoms with E-state index in [9.17, 15) is 13.0 Å². The van der Waals surface area contributed by atoms with Crippen molar-refractivity contribution in [3.8, 4) is 0 Å². The molecule has 0 N–H and O–H groups in total. The highest BCUT2D eigenvalue weighted by Crippen LogP contribution is 2.12. The van der Waals surface area contributed by atoms with Gasteiger partial charge < -0.3 is 4.55 Å². The molecule has 2 heterocycles. The molecular formula is C8H15N2O3S2. The van der Waals surface area contributed by atoms with E-state index in [4.69, 9.17) is 0 Å². The van der Waals surface area contributed by atoms with Crippen LogP contribution < -0.4 is 5.32 Å². The van der Waals surface area contributed by atoms with E-state index >= 15 is 0 Å². The van der Waals surface area contributed by atoms with Crippen LogP contribution in [-0.4, -0.2) is 66.7 Å². The topological polar surface area (TPSA) is 74.5 Å². The highest BCUT2D eigenvalue weighted by Gasteiger charge is 2.32. The van der Waals surface area contributed by atoms with Crippen molar-refractivity contribution in [1.82, 2.24) is 10.2 Å². The van der Waals surface area contributed by atoms with Gasteiger partial charge in [0, 0.05) is 19.6 Å². The molecule has 15 heavy (non-hydrogen) atoms. The Morgan fingerprint density at radius 1 is 1.33 bits per heavy atom. The van der Waals surface area contributed by atoms with Crippen LogP contribution in [0.15, 0.2) is 0 Å². The number of hydrogen-bond donors (Lipinski definition) is 0. The van der Waals surface area contributed by atoms with Crippen LogP contribution in [0.4, 0.5) is 0 Å². The van der Waals surface area contributed by atoms with Crippen molar-refractivity contribution in [2.75, 3.05) is 42.6 Å². The Kier molecular flexibility index (Phi) is 3.56. The first-order valence-corrected chi connectivity index (χ1v) is 8.34. The number of sulfone groups is 1. The average Bonchev–Trinajstić information content (AvgIpc) is 2.17. The van der Waals surface area contributed by atoms with Crippen LogP contribution >= 0.6 is 0 Å². The van der Waals surface area contributed by atoms with E-state index in [0.29, 0.717) is 31.1 Å². The fourth-order valence-corrected chi connectivity index (χ4v) is 4.28. The summed E-state index contributed by atoms with van der Waals surface area (Å²) in [6.45, 7) is 1.82. The average molecular weight is 251 g/mol. The molecule has 0 saturated carbocycles. The molecule has 7 heteroatoms. The maximum absolute atomic E-state index is 11.4. The molecular weight excluding hydrogens is 236 g/mol. The molecule has 2 rings (SSSR count). The Hall–Kier alpha value is 0.180. The van der Waals surface area contributed by atoms with Gasteiger partial charge in [0.15, 0.2) is 9.84 Å². The lowest BCUT2D eigenvalue weighted by atomic mass is 10.4. The van der Waals surface area contributed by atoms with Gasteiger partial charge in [-0.1, -0.05) is 11.2 Å². The van der Waals surface area contributed by atoms with Crippen LogP contribution in [0, 0.1) is 0 Å². The molecule has 0 aromatic heterocycles. The summed E-state index contributed by atoms with van der Waals surface area (Å²) in [4.78, 5) is 2.04. The lowest BCUT2D eigenvalue weighted by Gasteiger charge is -2.36. The summed E-state index contributed by atoms with van der Waals surface area (Å²) in [7, 11) is -2.91. The molecule has 2 saturated heterocycles. The standard InChI is InChI=1S/C8H15N2O3S2/c11-14-4-2-10(3-5-14)8-7-15(12,13)6-1-9-8/h8H,1-7H2. The van der Waals surface area contributed by atoms with E-state index in [1.165, 1.54) is 0 Å². The zero-order valence-corrected chi connectivity index (χ0v) is 10.1. The number of hydrogen-bond acceptors (Lipinski definition) is 4. The molecule has 2 aliphatic heterocycles. The van der Waals surface area contributed by atoms with Crippen molar-refractivity contribution < 1.29 is 13.0 Å². The van der Waals surface area contributed by atoms with Crippen LogP contribution in [0.3, 0.4) is 0 Å². The van der Waals surface area contributed by atoms with Gasteiger partial charge >= 0.3 is 0 Å². The lowest BCUT2D eigenvalue weighted by molar-refractivity contribution is 0.190. The molecule has 0 amide bonds. The fourth-order valence-electron chi connectivity index (χ4n) is 1.87. The third kappa shape index (κ3) is 3.07. The lowest BCUT2D eigenvalue weighted by Crippen LogP contribution is -2.55. The Morgan fingerprint density at radius 2 is 2.00 bits per heavy atom. The summed E-state index contributed by atoms with van der Waals surface area (Å²) in [5, 5.41) is 4.32. The summed E-state index contributed by atoms with van der Waals surface area (Å²) in [5.74, 6) is 1.61. The SMILES string of the molecule is O=S1(=O)CC[N]C(N2CC[S+]([O-])CC2)C1. The molecule has 87 valence electrons. The molecule has 0 bridgehead atoms. The van der Waals surface area contributed by atoms with Crippen LogP contribution in [0.2, 0.25) is 0 Å². The van der Waals surface area contributed by atoms with Crippen LogP contribution in [0.25, 0.3) is 0 Å². The van der Waals surface area contributed by atoms with E-state index in [1.54, 1.807) is 0 Å². The minimum atomic E-state index is -2.91. The minimum absolute atomic E-state index is 0.139. The monoisotopic (exact) mass is 251 g/mol. The van der Waals surface area contributed by atoms with Crippen molar-refractivity contribution in [1.29, 1.82) is 0 Å². The molecule has 2 fully saturated rings. The van der Waals surface area contributed by atoms with E-state index in [2.05, 4.69) is 5.32 Å². The van der Waals surface area contributed by atoms with Gasteiger partial charge in [-0.25, -0.2) is 13.7 Å². The van der Waals surface area contributed by atoms with E-state index in [-0.39, 0.29) is 17.7 Å². The van der Waals surface area contributed by atoms with E-state index in [1.807, 2.05) is 4.90 Å². The molecule has 1 radical (unpaired) electrons. The summed E-state index contributed by atoms with van der Waals surface area (Å²) >= 11 is -0.717. The molecule has 1 atom stereocenters. The second-order valence-corrected chi connectivity index (χ2v) is 7.81. The predicted molar refractivity (Wildman–Crippen MR) is 58.9 cm³/mol. The second kappa shape index (κ2) is 4.58. The molecule has 2 aliphatic rings. The van der Waals surface area contributed by atoms with Gasteiger partial charge in [-0.15, -0.1) is 0 Å². The smallest absolute Gasteiger partial charge is 0.154 e. The Bertz CT molecular complexity index is 312. The quantitative estimate of drug-likeness (QED) is 0.527. The fraction of sp³-hybridized carbons (Fsp3) is 1.00. The third-order valence-corrected chi connectivity index (χ3v) is 5.67. The van der Waals surface area contributed by atoms with Gasteiger partial charge in [-0.3, -0.25) is 4.90 Å². The number of nitrogens with zero attached hydrogens (tertiary/aromatic N) is 2. The number of rotatable bonds is 1. The Morgan fingerprint density at radius 3 is 2.60 bits per heavy atom. The van der Waals surface area contributed by atoms with Crippen LogP contribution in [0.5, 0.6) is 0 Å². The Balaban J connectivity index is 1.93. The molecule has 0 spiro atoms. The largest absolute Gasteiger partial charge is 0.616 e. The van der Waals surface area contributed by atoms with Gasteiger partial charge in [0.1, 0.15) is 11.5 Å². The summed E-state index contributed by atoms with van der Waals surface area (Å²) in [5.41, 5.74) is 0. The summed E-state index contributed by atoms with van der Waals surface area (Å²) < 4.78 is 34.0. The maximum atomic E-state index is 11.4. The summed E-state index contributed by atoms with van der Waals surface area (Å²) in [6.07, 6.45) is -0.193. The second-order valence-electron chi connectivity index (χ2n) is 3.89. The van der Waals surface area contributed by atoms with E-state index < -0.39 is 21.0 Å². The normalized spacial score (nSPS) is 34.1. The third-order valence-electron chi connectivity index (χ3n) is 2.78. The first kappa shape index (κ1) is 11.7. The van der Waals surface area contributed by atoms with Gasteiger partial charge in [-0.05, 0) is 0 Å². The molecule has 5 nitrogen and oxygen atoms in total. The van der Waals surface area contributed by atoms with Crippen molar-refractivity contribution in [3.63, 3.8) is 0 Å². The van der Waals surface area contributed by atoms with Gasteiger partial charge in [-0.2, -0.15) is 0 Å². The predicted octanol–water partition coefficient (Wildman–Crippen LogP) is -1.59. The Labute approximate surface area is 93.3 Å². The molecule has 0 aromatic rings. The molecule has 1 unspecified atom stereocenters. The van der Waals surface area contributed by atoms with Gasteiger partial charge in [0.25, 0.3) is 0 Å². The minimum Gasteiger partial charge on any atom is -0.616 e. The van der Waals surface area contributed by atoms with Crippen molar-refractivity contribution in [2.24, 2.45) is 0 Å². The van der Waals surface area contributed by atoms with Crippen LogP contribution in [-0.2, 0) is 21.0 Å². The summed E-state index contributed by atoms with van der Waals surface area (Å²) in [6, 6.07) is 0. The van der Waals surface area contributed by atoms with Crippen molar-refractivity contribution >= 4 is 21.0 Å². The van der Waals surface area contributed by atoms with Gasteiger partial charge in [0.05, 0.1) is 17.7 Å². The van der Waals surface area contributed by atoms with Crippen LogP contribution in [0.1, 0.15) is 0 Å². The highest BCUT2D eigenvalue weighted by molar-refractivity contribution is 7.91. The zero-order valence-electron chi connectivity index (χ0n) is 8.46.